The van der Waals surface area contributed by atoms with Crippen molar-refractivity contribution in [2.24, 2.45) is 11.8 Å². The van der Waals surface area contributed by atoms with Crippen molar-refractivity contribution < 1.29 is 27.2 Å². The van der Waals surface area contributed by atoms with E-state index in [4.69, 9.17) is 8.75 Å². The van der Waals surface area contributed by atoms with Crippen molar-refractivity contribution in [2.75, 3.05) is 0 Å². The van der Waals surface area contributed by atoms with E-state index < -0.39 is 34.8 Å². The van der Waals surface area contributed by atoms with Gasteiger partial charge in [0.1, 0.15) is 46.5 Å². The molecule has 19 heteroatoms. The van der Waals surface area contributed by atoms with Crippen LogP contribution in [-0.4, -0.2) is 29.4 Å². The maximum absolute atomic E-state index is 15.4. The number of hydrogen-bond acceptors (Lipinski definition) is 13. The molecule has 572 valence electrons. The summed E-state index contributed by atoms with van der Waals surface area (Å²) < 4.78 is 84.0. The van der Waals surface area contributed by atoms with E-state index in [-0.39, 0.29) is 55.7 Å². The molecule has 2 aliphatic carbocycles. The first-order valence-electron chi connectivity index (χ1n) is 40.9. The molecule has 0 bridgehead atoms. The van der Waals surface area contributed by atoms with Gasteiger partial charge >= 0.3 is 0 Å². The predicted octanol–water partition coefficient (Wildman–Crippen LogP) is 28.9. The molecule has 109 heavy (non-hydrogen) atoms. The summed E-state index contributed by atoms with van der Waals surface area (Å²) in [4.78, 5) is 31.4. The zero-order valence-corrected chi connectivity index (χ0v) is 68.5. The van der Waals surface area contributed by atoms with Crippen molar-refractivity contribution in [3.63, 3.8) is 0 Å². The first-order chi connectivity index (χ1) is 53.2. The van der Waals surface area contributed by atoms with Crippen LogP contribution in [0.5, 0.6) is 0 Å². The Hall–Kier alpha value is -7.62. The Morgan fingerprint density at radius 3 is 1.05 bits per heavy atom. The SMILES string of the molecule is CCCCCCCCCCCc1c(/C=C2\C(=O)c3cc(F)c(F)cc3C2=C(C#N)C#N)sc2c1sc1c3c4nsnc4c4c5sc6c(CCCCCCCCCCC)c(/C=C7\C(=O)c8cc(F)c(F)cc8C7=C(C#N)C#N)sc6c5n(CC(CCCC)CCCCCC)c4c3n(CC(CCCC)CCCCCC)c21. The lowest BCUT2D eigenvalue weighted by Crippen LogP contribution is -2.14. The summed E-state index contributed by atoms with van der Waals surface area (Å²) in [6.07, 6.45) is 42.8. The van der Waals surface area contributed by atoms with E-state index in [1.165, 1.54) is 75.9 Å². The third kappa shape index (κ3) is 16.8. The van der Waals surface area contributed by atoms with E-state index in [0.29, 0.717) is 24.7 Å². The second-order valence-electron chi connectivity index (χ2n) is 30.6. The number of halogens is 4. The van der Waals surface area contributed by atoms with E-state index in [1.54, 1.807) is 57.5 Å². The first-order valence-corrected chi connectivity index (χ1v) is 44.9. The van der Waals surface area contributed by atoms with E-state index in [2.05, 4.69) is 50.7 Å². The van der Waals surface area contributed by atoms with Gasteiger partial charge in [-0.05, 0) is 122 Å². The lowest BCUT2D eigenvalue weighted by atomic mass is 9.94. The number of carbonyl (C=O) groups excluding carboxylic acids is 2. The molecule has 2 atom stereocenters. The number of aromatic nitrogens is 4. The van der Waals surface area contributed by atoms with Gasteiger partial charge in [-0.3, -0.25) is 9.59 Å². The van der Waals surface area contributed by atoms with Crippen LogP contribution in [0.1, 0.15) is 313 Å². The molecule has 0 aliphatic heterocycles. The topological polar surface area (TPSA) is 165 Å². The summed E-state index contributed by atoms with van der Waals surface area (Å²) in [7, 11) is 0. The third-order valence-electron chi connectivity index (χ3n) is 22.9. The molecular formula is C90H102F4N8O2S5. The van der Waals surface area contributed by atoms with Crippen LogP contribution in [0.25, 0.3) is 95.4 Å². The molecule has 10 nitrogen and oxygen atoms in total. The number of thiophene rings is 4. The lowest BCUT2D eigenvalue weighted by Gasteiger charge is -2.22. The minimum atomic E-state index is -1.18. The molecule has 0 radical (unpaired) electrons. The maximum atomic E-state index is 15.4. The number of nitrogens with zero attached hydrogens (tertiary/aromatic N) is 8. The van der Waals surface area contributed by atoms with Gasteiger partial charge in [0.2, 0.25) is 0 Å². The first kappa shape index (κ1) is 80.9. The van der Waals surface area contributed by atoms with Gasteiger partial charge in [0.15, 0.2) is 34.8 Å². The Balaban J connectivity index is 1.16. The van der Waals surface area contributed by atoms with Gasteiger partial charge in [0.05, 0.1) is 62.0 Å². The van der Waals surface area contributed by atoms with Crippen molar-refractivity contribution in [3.8, 4) is 24.3 Å². The molecule has 2 unspecified atom stereocenters. The highest BCUT2D eigenvalue weighted by Crippen LogP contribution is 2.57. The van der Waals surface area contributed by atoms with E-state index in [1.807, 2.05) is 24.3 Å². The van der Waals surface area contributed by atoms with Crippen LogP contribution >= 0.6 is 57.1 Å². The van der Waals surface area contributed by atoms with Crippen LogP contribution in [0.15, 0.2) is 46.6 Å². The highest BCUT2D eigenvalue weighted by molar-refractivity contribution is 7.34. The lowest BCUT2D eigenvalue weighted by molar-refractivity contribution is 0.103. The van der Waals surface area contributed by atoms with Gasteiger partial charge in [-0.1, -0.05) is 221 Å². The standard InChI is InChI=1S/C90H102F4N8O2S5/c1-7-13-19-23-25-27-29-31-35-41-59-71(47-65-73(57(49-95)50-96)61-43-67(91)69(93)45-63(61)83(65)103)105-89-81-87(107-85(59)89)75-77-78(100-109-99-77)76-80(79(75)101(81)53-55(37-17-11-5)39-33-21-15-9-3)102(54-56(38-18-12-6)40-34-22-16-10-4)82-88(76)108-86-60(42-36-32-30-28-26-24-20-14-8-2)72(106-90(82)86)48-66-74(58(51-97)52-98)62-44-68(92)70(94)46-64(62)84(66)104/h43-48,55-56H,7-42,53-54H2,1-6H3/b65-47-,66-48-. The van der Waals surface area contributed by atoms with Crippen molar-refractivity contribution in [3.05, 3.63) is 113 Å². The third-order valence-corrected chi connectivity index (χ3v) is 28.6. The fourth-order valence-electron chi connectivity index (χ4n) is 17.2. The molecule has 3 aromatic carbocycles. The van der Waals surface area contributed by atoms with Gasteiger partial charge in [-0.25, -0.2) is 17.6 Å². The molecule has 0 saturated carbocycles. The largest absolute Gasteiger partial charge is 0.337 e. The fourth-order valence-corrected chi connectivity index (χ4v) is 23.6. The second-order valence-corrected chi connectivity index (χ2v) is 35.3. The van der Waals surface area contributed by atoms with Gasteiger partial charge in [0.25, 0.3) is 0 Å². The number of unbranched alkanes of at least 4 members (excludes halogenated alkanes) is 24. The van der Waals surface area contributed by atoms with E-state index >= 15 is 17.6 Å². The molecule has 0 saturated heterocycles. The number of rotatable bonds is 42. The number of ketones is 2. The quantitative estimate of drug-likeness (QED) is 0.0158. The number of aryl methyl sites for hydroxylation is 2. The van der Waals surface area contributed by atoms with E-state index in [9.17, 15) is 30.6 Å². The Bertz CT molecular complexity index is 4980. The normalized spacial score (nSPS) is 14.4. The molecule has 0 spiro atoms. The molecular weight excluding hydrogens is 1460 g/mol. The highest BCUT2D eigenvalue weighted by Gasteiger charge is 2.39. The summed E-state index contributed by atoms with van der Waals surface area (Å²) in [5, 5.41) is 44.3. The van der Waals surface area contributed by atoms with Crippen molar-refractivity contribution in [2.45, 2.75) is 286 Å². The minimum Gasteiger partial charge on any atom is -0.337 e. The smallest absolute Gasteiger partial charge is 0.194 e. The van der Waals surface area contributed by atoms with Crippen LogP contribution in [0.2, 0.25) is 0 Å². The monoisotopic (exact) mass is 1560 g/mol. The number of nitriles is 4. The Morgan fingerprint density at radius 1 is 0.394 bits per heavy atom. The molecule has 7 heterocycles. The number of hydrogen-bond donors (Lipinski definition) is 0. The number of Topliss-reactive ketones (excluding diaryl/α,β-unsaturated/α-hetero) is 2. The Labute approximate surface area is 660 Å². The van der Waals surface area contributed by atoms with Crippen LogP contribution in [0.3, 0.4) is 0 Å². The summed E-state index contributed by atoms with van der Waals surface area (Å²) in [5.74, 6) is -5.25. The highest BCUT2D eigenvalue weighted by atomic mass is 32.1. The molecule has 2 aliphatic rings. The van der Waals surface area contributed by atoms with Gasteiger partial charge in [-0.2, -0.15) is 29.8 Å². The maximum Gasteiger partial charge on any atom is 0.194 e. The van der Waals surface area contributed by atoms with Crippen molar-refractivity contribution in [1.29, 1.82) is 21.0 Å². The number of allylic oxidation sites excluding steroid dienone is 6. The molecule has 10 aromatic rings. The average molecular weight is 1560 g/mol. The van der Waals surface area contributed by atoms with Crippen LogP contribution < -0.4 is 0 Å². The Morgan fingerprint density at radius 2 is 0.706 bits per heavy atom. The Kier molecular flexibility index (Phi) is 28.2. The number of fused-ring (bicyclic) bond motifs is 16. The second kappa shape index (κ2) is 38.1. The van der Waals surface area contributed by atoms with Crippen molar-refractivity contribution >= 4 is 164 Å². The summed E-state index contributed by atoms with van der Waals surface area (Å²) in [6.45, 7) is 15.0. The fraction of sp³-hybridized carbons (Fsp3) is 0.511. The van der Waals surface area contributed by atoms with Crippen molar-refractivity contribution in [1.82, 2.24) is 17.9 Å². The summed E-state index contributed by atoms with van der Waals surface area (Å²) in [6, 6.07) is 11.7. The zero-order chi connectivity index (χ0) is 76.8. The number of carbonyl (C=O) groups is 2. The molecule has 0 N–H and O–H groups in total. The van der Waals surface area contributed by atoms with Crippen LogP contribution in [0.4, 0.5) is 17.6 Å². The summed E-state index contributed by atoms with van der Waals surface area (Å²) >= 11 is 8.01. The molecule has 12 rings (SSSR count). The zero-order valence-electron chi connectivity index (χ0n) is 64.4. The van der Waals surface area contributed by atoms with Crippen LogP contribution in [0, 0.1) is 80.4 Å². The van der Waals surface area contributed by atoms with Gasteiger partial charge < -0.3 is 9.13 Å². The number of benzene rings is 3. The summed E-state index contributed by atoms with van der Waals surface area (Å²) in [5.41, 5.74) is 7.61. The van der Waals surface area contributed by atoms with E-state index in [0.717, 1.165) is 284 Å². The minimum absolute atomic E-state index is 0.0128. The molecule has 7 aromatic heterocycles. The van der Waals surface area contributed by atoms with Gasteiger partial charge in [-0.15, -0.1) is 45.3 Å². The van der Waals surface area contributed by atoms with Crippen LogP contribution in [-0.2, 0) is 25.9 Å². The molecule has 0 fully saturated rings. The van der Waals surface area contributed by atoms with Gasteiger partial charge in [0, 0.05) is 67.0 Å². The average Bonchev–Trinajstić information content (AvgIpc) is 1.50. The predicted molar refractivity (Wildman–Crippen MR) is 449 cm³/mol. The molecule has 0 amide bonds.